The molecule has 2 aliphatic heterocycles. The van der Waals surface area contributed by atoms with Crippen molar-refractivity contribution in [1.82, 2.24) is 0 Å². The Bertz CT molecular complexity index is 260. The largest absolute Gasteiger partial charge is 0.0930 e. The van der Waals surface area contributed by atoms with Crippen LogP contribution in [0.3, 0.4) is 0 Å². The highest BCUT2D eigenvalue weighted by atomic mass is 127. The minimum Gasteiger partial charge on any atom is -0.0930 e. The van der Waals surface area contributed by atoms with Gasteiger partial charge >= 0.3 is 0 Å². The maximum absolute atomic E-state index is 2.41. The van der Waals surface area contributed by atoms with Crippen LogP contribution in [0.5, 0.6) is 0 Å². The van der Waals surface area contributed by atoms with Gasteiger partial charge in [0.25, 0.3) is 0 Å². The van der Waals surface area contributed by atoms with Gasteiger partial charge in [-0.1, -0.05) is 53.6 Å². The fraction of sp³-hybridized carbons (Fsp3) is 0. The van der Waals surface area contributed by atoms with E-state index in [1.54, 1.807) is 3.58 Å². The van der Waals surface area contributed by atoms with Crippen LogP contribution >= 0.6 is 41.5 Å². The van der Waals surface area contributed by atoms with E-state index in [2.05, 4.69) is 30.3 Å². The third-order valence-electron chi connectivity index (χ3n) is 1.27. The van der Waals surface area contributed by atoms with Gasteiger partial charge in [-0.15, -0.1) is 0 Å². The van der Waals surface area contributed by atoms with E-state index in [4.69, 9.17) is 0 Å². The molecule has 0 fully saturated rings. The predicted molar refractivity (Wildman–Crippen MR) is 65.5 cm³/mol. The van der Waals surface area contributed by atoms with Crippen molar-refractivity contribution in [3.63, 3.8) is 0 Å². The van der Waals surface area contributed by atoms with Crippen molar-refractivity contribution in [2.75, 3.05) is 0 Å². The molecule has 0 aromatic carbocycles. The number of rotatable bonds is 0. The van der Waals surface area contributed by atoms with Gasteiger partial charge in [0.15, 0.2) is 0 Å². The molecule has 2 heterocycles. The van der Waals surface area contributed by atoms with Gasteiger partial charge in [0.1, 0.15) is 0 Å². The Morgan fingerprint density at radius 2 is 2.20 bits per heavy atom. The molecule has 0 aromatic rings. The number of allylic oxidation sites excluding steroid dienone is 5. The minimum absolute atomic E-state index is 0.221. The van der Waals surface area contributed by atoms with Crippen LogP contribution in [0.4, 0.5) is 0 Å². The van der Waals surface area contributed by atoms with Crippen LogP contribution < -0.4 is 0 Å². The topological polar surface area (TPSA) is 0 Å². The van der Waals surface area contributed by atoms with E-state index >= 15 is 0 Å². The molecular formula is C8H6I2. The van der Waals surface area contributed by atoms with Crippen molar-refractivity contribution in [3.05, 3.63) is 31.5 Å². The highest BCUT2D eigenvalue weighted by molar-refractivity contribution is 14.2. The van der Waals surface area contributed by atoms with Gasteiger partial charge in [0.2, 0.25) is 0 Å². The normalized spacial score (nSPS) is 21.6. The molecule has 0 aliphatic carbocycles. The highest BCUT2D eigenvalue weighted by Crippen LogP contribution is 2.31. The number of hydrogen-bond donors (Lipinski definition) is 0. The second-order valence-electron chi connectivity index (χ2n) is 1.93. The van der Waals surface area contributed by atoms with E-state index < -0.39 is 0 Å². The quantitative estimate of drug-likeness (QED) is 0.586. The predicted octanol–water partition coefficient (Wildman–Crippen LogP) is 2.88. The number of fused-ring (bicyclic) bond motifs is 1. The zero-order chi connectivity index (χ0) is 6.81. The first-order valence-electron chi connectivity index (χ1n) is 2.96. The summed E-state index contributed by atoms with van der Waals surface area (Å²) in [5, 5.41) is 0. The molecule has 2 aliphatic rings. The van der Waals surface area contributed by atoms with Gasteiger partial charge in [-0.3, -0.25) is 0 Å². The molecule has 0 amide bonds. The molecule has 52 valence electrons. The van der Waals surface area contributed by atoms with Gasteiger partial charge in [0, 0.05) is 3.58 Å². The summed E-state index contributed by atoms with van der Waals surface area (Å²) >= 11 is 0.479. The summed E-state index contributed by atoms with van der Waals surface area (Å²) in [5.74, 6) is 0. The van der Waals surface area contributed by atoms with Crippen LogP contribution in [0.15, 0.2) is 31.5 Å². The first kappa shape index (κ1) is 7.09. The zero-order valence-corrected chi connectivity index (χ0v) is 9.54. The lowest BCUT2D eigenvalue weighted by Gasteiger charge is -2.06. The van der Waals surface area contributed by atoms with Crippen molar-refractivity contribution in [2.24, 2.45) is 0 Å². The van der Waals surface area contributed by atoms with E-state index in [0.29, 0.717) is 0 Å². The van der Waals surface area contributed by atoms with Crippen LogP contribution in [0.2, 0.25) is 0 Å². The maximum Gasteiger partial charge on any atom is 0.0158 e. The van der Waals surface area contributed by atoms with Gasteiger partial charge in [0.05, 0.1) is 0 Å². The Kier molecular flexibility index (Phi) is 2.28. The molecule has 0 unspecified atom stereocenters. The van der Waals surface area contributed by atoms with Crippen LogP contribution in [-0.4, -0.2) is 8.02 Å². The summed E-state index contributed by atoms with van der Waals surface area (Å²) in [7, 11) is 0. The Morgan fingerprint density at radius 3 is 3.10 bits per heavy atom. The van der Waals surface area contributed by atoms with Crippen molar-refractivity contribution >= 4 is 49.5 Å². The molecule has 0 saturated carbocycles. The lowest BCUT2D eigenvalue weighted by atomic mass is 10.2. The average molecular weight is 356 g/mol. The summed E-state index contributed by atoms with van der Waals surface area (Å²) in [6.07, 6.45) is 6.77. The van der Waals surface area contributed by atoms with Crippen molar-refractivity contribution in [3.8, 4) is 0 Å². The third-order valence-corrected chi connectivity index (χ3v) is 5.50. The van der Waals surface area contributed by atoms with Crippen molar-refractivity contribution < 1.29 is 0 Å². The first-order valence-corrected chi connectivity index (χ1v) is 7.78. The monoisotopic (exact) mass is 356 g/mol. The zero-order valence-electron chi connectivity index (χ0n) is 5.22. The Hall–Kier alpha value is 0.420. The van der Waals surface area contributed by atoms with Gasteiger partial charge < -0.3 is 0 Å². The van der Waals surface area contributed by atoms with E-state index in [-0.39, 0.29) is 41.5 Å². The molecule has 10 heavy (non-hydrogen) atoms. The summed E-state index contributed by atoms with van der Waals surface area (Å²) in [4.78, 5) is 0. The Morgan fingerprint density at radius 1 is 1.20 bits per heavy atom. The lowest BCUT2D eigenvalue weighted by molar-refractivity contribution is 1.75. The van der Waals surface area contributed by atoms with E-state index in [0.717, 1.165) is 0 Å². The molecule has 0 saturated heterocycles. The Balaban J connectivity index is 2.52. The molecule has 0 atom stereocenters. The van der Waals surface area contributed by atoms with Gasteiger partial charge in [-0.25, -0.2) is 0 Å². The summed E-state index contributed by atoms with van der Waals surface area (Å²) < 4.78 is 8.69. The summed E-state index contributed by atoms with van der Waals surface area (Å²) in [5.41, 5.74) is 1.52. The second kappa shape index (κ2) is 3.21. The summed E-state index contributed by atoms with van der Waals surface area (Å²) in [6.45, 7) is 0. The number of halogens is 2. The first-order chi connectivity index (χ1) is 4.97. The van der Waals surface area contributed by atoms with Crippen molar-refractivity contribution in [2.45, 2.75) is 0 Å². The second-order valence-corrected chi connectivity index (χ2v) is 6.49. The fourth-order valence-corrected chi connectivity index (χ4v) is 5.68. The molecule has 0 aromatic heterocycles. The molecule has 2 rings (SSSR count). The van der Waals surface area contributed by atoms with Crippen molar-refractivity contribution in [1.29, 1.82) is 0 Å². The SMILES string of the molecule is C1=CC2=CI=CC=C2I=C1. The third kappa shape index (κ3) is 1.37. The molecule has 0 nitrogen and oxygen atoms in total. The lowest BCUT2D eigenvalue weighted by Crippen LogP contribution is -1.85. The maximum atomic E-state index is 2.41. The van der Waals surface area contributed by atoms with Crippen LogP contribution in [0.25, 0.3) is 0 Å². The van der Waals surface area contributed by atoms with E-state index in [1.165, 1.54) is 5.57 Å². The van der Waals surface area contributed by atoms with E-state index in [1.807, 2.05) is 0 Å². The highest BCUT2D eigenvalue weighted by Gasteiger charge is 2.02. The molecule has 2 heteroatoms. The van der Waals surface area contributed by atoms with E-state index in [9.17, 15) is 0 Å². The smallest absolute Gasteiger partial charge is 0.0158 e. The molecule has 0 bridgehead atoms. The molecule has 0 radical (unpaired) electrons. The van der Waals surface area contributed by atoms with Gasteiger partial charge in [-0.2, -0.15) is 0 Å². The fourth-order valence-electron chi connectivity index (χ4n) is 0.804. The molecule has 0 spiro atoms. The van der Waals surface area contributed by atoms with Crippen LogP contribution in [-0.2, 0) is 0 Å². The average Bonchev–Trinajstić information content (AvgIpc) is 2.05. The Labute approximate surface area is 80.2 Å². The molecule has 0 N–H and O–H groups in total. The number of hydrogen-bond acceptors (Lipinski definition) is 0. The van der Waals surface area contributed by atoms with Crippen LogP contribution in [0.1, 0.15) is 0 Å². The standard InChI is InChI=1S/C8H6I2/c1-2-7-6-9-5-3-8(7)10-4-1/h1-6H. The molecular weight excluding hydrogens is 350 g/mol. The summed E-state index contributed by atoms with van der Waals surface area (Å²) in [6, 6.07) is 0. The minimum atomic E-state index is 0.221. The van der Waals surface area contributed by atoms with Gasteiger partial charge in [-0.05, 0) is 23.8 Å². The van der Waals surface area contributed by atoms with Crippen LogP contribution in [0, 0.1) is 0 Å².